The number of carbonyl (C=O) groups excluding carboxylic acids is 1. The minimum atomic E-state index is -0.227. The standard InChI is InChI=1S/C12H18N2O2S/c1-3-9-4-5-14(7-9)12-13-10(8-17-12)6-11(15)16-2/h8-9H,3-7H2,1-2H3. The summed E-state index contributed by atoms with van der Waals surface area (Å²) in [5.41, 5.74) is 0.816. The first-order valence-electron chi connectivity index (χ1n) is 5.99. The molecule has 1 saturated heterocycles. The number of ether oxygens (including phenoxy) is 1. The number of carbonyl (C=O) groups is 1. The highest BCUT2D eigenvalue weighted by molar-refractivity contribution is 7.13. The van der Waals surface area contributed by atoms with Crippen LogP contribution in [0.5, 0.6) is 0 Å². The van der Waals surface area contributed by atoms with E-state index in [0.717, 1.165) is 29.8 Å². The first-order valence-corrected chi connectivity index (χ1v) is 6.87. The van der Waals surface area contributed by atoms with Gasteiger partial charge in [-0.15, -0.1) is 11.3 Å². The van der Waals surface area contributed by atoms with Crippen molar-refractivity contribution in [2.75, 3.05) is 25.1 Å². The van der Waals surface area contributed by atoms with Crippen LogP contribution in [0.2, 0.25) is 0 Å². The average Bonchev–Trinajstić information content (AvgIpc) is 2.96. The van der Waals surface area contributed by atoms with Crippen molar-refractivity contribution in [3.63, 3.8) is 0 Å². The lowest BCUT2D eigenvalue weighted by atomic mass is 10.1. The van der Waals surface area contributed by atoms with Crippen molar-refractivity contribution < 1.29 is 9.53 Å². The van der Waals surface area contributed by atoms with Crippen molar-refractivity contribution in [3.8, 4) is 0 Å². The zero-order chi connectivity index (χ0) is 12.3. The topological polar surface area (TPSA) is 42.4 Å². The highest BCUT2D eigenvalue weighted by Crippen LogP contribution is 2.28. The number of aromatic nitrogens is 1. The number of anilines is 1. The average molecular weight is 254 g/mol. The maximum Gasteiger partial charge on any atom is 0.311 e. The molecule has 0 spiro atoms. The van der Waals surface area contributed by atoms with Gasteiger partial charge in [0.05, 0.1) is 19.2 Å². The van der Waals surface area contributed by atoms with Crippen LogP contribution in [-0.4, -0.2) is 31.2 Å². The number of esters is 1. The Morgan fingerprint density at radius 3 is 3.18 bits per heavy atom. The quantitative estimate of drug-likeness (QED) is 0.772. The monoisotopic (exact) mass is 254 g/mol. The molecule has 1 unspecified atom stereocenters. The maximum absolute atomic E-state index is 11.1. The number of rotatable bonds is 4. The number of hydrogen-bond donors (Lipinski definition) is 0. The Bertz CT molecular complexity index is 392. The molecule has 0 aromatic carbocycles. The second-order valence-corrected chi connectivity index (χ2v) is 5.22. The van der Waals surface area contributed by atoms with E-state index in [1.807, 2.05) is 5.38 Å². The van der Waals surface area contributed by atoms with Crippen molar-refractivity contribution >= 4 is 22.4 Å². The molecule has 0 N–H and O–H groups in total. The van der Waals surface area contributed by atoms with Gasteiger partial charge in [-0.25, -0.2) is 4.98 Å². The van der Waals surface area contributed by atoms with E-state index in [4.69, 9.17) is 0 Å². The van der Waals surface area contributed by atoms with Crippen molar-refractivity contribution in [2.45, 2.75) is 26.2 Å². The van der Waals surface area contributed by atoms with Gasteiger partial charge in [-0.2, -0.15) is 0 Å². The molecule has 17 heavy (non-hydrogen) atoms. The lowest BCUT2D eigenvalue weighted by molar-refractivity contribution is -0.139. The highest BCUT2D eigenvalue weighted by Gasteiger charge is 2.23. The molecule has 1 fully saturated rings. The molecule has 2 rings (SSSR count). The van der Waals surface area contributed by atoms with E-state index in [9.17, 15) is 4.79 Å². The van der Waals surface area contributed by atoms with Crippen LogP contribution in [0, 0.1) is 5.92 Å². The summed E-state index contributed by atoms with van der Waals surface area (Å²) in [5, 5.41) is 2.99. The van der Waals surface area contributed by atoms with Gasteiger partial charge in [-0.3, -0.25) is 4.79 Å². The summed E-state index contributed by atoms with van der Waals surface area (Å²) >= 11 is 1.62. The van der Waals surface area contributed by atoms with Crippen LogP contribution in [0.3, 0.4) is 0 Å². The normalized spacial score (nSPS) is 19.6. The Morgan fingerprint density at radius 2 is 2.53 bits per heavy atom. The summed E-state index contributed by atoms with van der Waals surface area (Å²) < 4.78 is 4.64. The Morgan fingerprint density at radius 1 is 1.71 bits per heavy atom. The minimum Gasteiger partial charge on any atom is -0.469 e. The molecule has 1 aromatic rings. The highest BCUT2D eigenvalue weighted by atomic mass is 32.1. The summed E-state index contributed by atoms with van der Waals surface area (Å²) in [6, 6.07) is 0. The Balaban J connectivity index is 1.96. The van der Waals surface area contributed by atoms with Crippen LogP contribution in [0.25, 0.3) is 0 Å². The van der Waals surface area contributed by atoms with Crippen molar-refractivity contribution in [1.29, 1.82) is 0 Å². The third-order valence-electron chi connectivity index (χ3n) is 3.23. The Hall–Kier alpha value is -1.10. The van der Waals surface area contributed by atoms with E-state index in [1.54, 1.807) is 11.3 Å². The fourth-order valence-electron chi connectivity index (χ4n) is 2.08. The van der Waals surface area contributed by atoms with Gasteiger partial charge in [0, 0.05) is 18.5 Å². The van der Waals surface area contributed by atoms with Crippen LogP contribution in [0.15, 0.2) is 5.38 Å². The van der Waals surface area contributed by atoms with Crippen LogP contribution in [0.1, 0.15) is 25.5 Å². The first-order chi connectivity index (χ1) is 8.22. The molecule has 0 aliphatic carbocycles. The van der Waals surface area contributed by atoms with E-state index in [1.165, 1.54) is 20.0 Å². The Kier molecular flexibility index (Phi) is 3.99. The predicted octanol–water partition coefficient (Wildman–Crippen LogP) is 2.09. The predicted molar refractivity (Wildman–Crippen MR) is 68.4 cm³/mol. The van der Waals surface area contributed by atoms with Crippen molar-refractivity contribution in [2.24, 2.45) is 5.92 Å². The molecule has 1 aliphatic heterocycles. The largest absolute Gasteiger partial charge is 0.469 e. The Labute approximate surface area is 106 Å². The van der Waals surface area contributed by atoms with Gasteiger partial charge in [0.15, 0.2) is 5.13 Å². The van der Waals surface area contributed by atoms with Crippen LogP contribution >= 0.6 is 11.3 Å². The molecule has 0 amide bonds. The fourth-order valence-corrected chi connectivity index (χ4v) is 2.94. The number of methoxy groups -OCH3 is 1. The summed E-state index contributed by atoms with van der Waals surface area (Å²) in [5.74, 6) is 0.567. The van der Waals surface area contributed by atoms with Gasteiger partial charge in [-0.1, -0.05) is 13.3 Å². The van der Waals surface area contributed by atoms with E-state index in [0.29, 0.717) is 0 Å². The molecule has 1 atom stereocenters. The van der Waals surface area contributed by atoms with E-state index < -0.39 is 0 Å². The van der Waals surface area contributed by atoms with Gasteiger partial charge >= 0.3 is 5.97 Å². The molecule has 94 valence electrons. The molecule has 5 heteroatoms. The van der Waals surface area contributed by atoms with Gasteiger partial charge in [0.25, 0.3) is 0 Å². The molecule has 0 radical (unpaired) electrons. The summed E-state index contributed by atoms with van der Waals surface area (Å²) in [6.07, 6.45) is 2.76. The molecule has 0 saturated carbocycles. The van der Waals surface area contributed by atoms with Crippen molar-refractivity contribution in [1.82, 2.24) is 4.98 Å². The minimum absolute atomic E-state index is 0.227. The summed E-state index contributed by atoms with van der Waals surface area (Å²) in [6.45, 7) is 4.42. The van der Waals surface area contributed by atoms with E-state index >= 15 is 0 Å². The smallest absolute Gasteiger partial charge is 0.311 e. The lowest BCUT2D eigenvalue weighted by Gasteiger charge is -2.13. The van der Waals surface area contributed by atoms with Gasteiger partial charge in [0.2, 0.25) is 0 Å². The molecule has 2 heterocycles. The number of hydrogen-bond acceptors (Lipinski definition) is 5. The second kappa shape index (κ2) is 5.49. The third-order valence-corrected chi connectivity index (χ3v) is 4.18. The van der Waals surface area contributed by atoms with Crippen LogP contribution in [-0.2, 0) is 16.0 Å². The van der Waals surface area contributed by atoms with E-state index in [2.05, 4.69) is 21.5 Å². The van der Waals surface area contributed by atoms with Crippen LogP contribution in [0.4, 0.5) is 5.13 Å². The summed E-state index contributed by atoms with van der Waals surface area (Å²) in [7, 11) is 1.40. The summed E-state index contributed by atoms with van der Waals surface area (Å²) in [4.78, 5) is 18.0. The second-order valence-electron chi connectivity index (χ2n) is 4.38. The van der Waals surface area contributed by atoms with Crippen molar-refractivity contribution in [3.05, 3.63) is 11.1 Å². The zero-order valence-corrected chi connectivity index (χ0v) is 11.1. The van der Waals surface area contributed by atoms with E-state index in [-0.39, 0.29) is 12.4 Å². The number of nitrogens with zero attached hydrogens (tertiary/aromatic N) is 2. The van der Waals surface area contributed by atoms with Gasteiger partial charge < -0.3 is 9.64 Å². The maximum atomic E-state index is 11.1. The van der Waals surface area contributed by atoms with Gasteiger partial charge in [0.1, 0.15) is 0 Å². The molecule has 1 aromatic heterocycles. The molecule has 1 aliphatic rings. The SMILES string of the molecule is CCC1CCN(c2nc(CC(=O)OC)cs2)C1. The molecule has 0 bridgehead atoms. The van der Waals surface area contributed by atoms with Crippen LogP contribution < -0.4 is 4.90 Å². The van der Waals surface area contributed by atoms with Gasteiger partial charge in [-0.05, 0) is 12.3 Å². The zero-order valence-electron chi connectivity index (χ0n) is 10.3. The molecular formula is C12H18N2O2S. The first kappa shape index (κ1) is 12.4. The lowest BCUT2D eigenvalue weighted by Crippen LogP contribution is -2.19. The number of thiazole rings is 1. The fraction of sp³-hybridized carbons (Fsp3) is 0.667. The molecular weight excluding hydrogens is 236 g/mol. The third kappa shape index (κ3) is 2.97. The molecule has 4 nitrogen and oxygen atoms in total.